The van der Waals surface area contributed by atoms with Gasteiger partial charge in [-0.25, -0.2) is 0 Å². The molecule has 0 N–H and O–H groups in total. The standard InChI is InChI=1S/C8H5F6N/c1-4(2)5(3-15)6(7(9,10)11)8(12,13)14/h1H2,2H3. The Labute approximate surface area is 81.3 Å². The number of hydrogen-bond donors (Lipinski definition) is 0. The molecule has 0 aromatic rings. The van der Waals surface area contributed by atoms with E-state index in [1.54, 1.807) is 0 Å². The fourth-order valence-corrected chi connectivity index (χ4v) is 0.809. The van der Waals surface area contributed by atoms with Crippen LogP contribution in [0.2, 0.25) is 0 Å². The molecular formula is C8H5F6N. The van der Waals surface area contributed by atoms with Gasteiger partial charge in [-0.2, -0.15) is 31.6 Å². The lowest BCUT2D eigenvalue weighted by molar-refractivity contribution is -0.172. The van der Waals surface area contributed by atoms with E-state index in [1.165, 1.54) is 0 Å². The molecule has 0 rings (SSSR count). The smallest absolute Gasteiger partial charge is 0.192 e. The lowest BCUT2D eigenvalue weighted by Gasteiger charge is -2.16. The van der Waals surface area contributed by atoms with E-state index in [4.69, 9.17) is 5.26 Å². The van der Waals surface area contributed by atoms with Gasteiger partial charge in [0.1, 0.15) is 6.07 Å². The number of hydrogen-bond acceptors (Lipinski definition) is 1. The van der Waals surface area contributed by atoms with E-state index < -0.39 is 29.1 Å². The van der Waals surface area contributed by atoms with Crippen LogP contribution in [0.3, 0.4) is 0 Å². The predicted octanol–water partition coefficient (Wildman–Crippen LogP) is 3.51. The SMILES string of the molecule is C=C(C)C(C#N)=C(C(F)(F)F)C(F)(F)F. The average molecular weight is 229 g/mol. The van der Waals surface area contributed by atoms with E-state index in [0.717, 1.165) is 13.0 Å². The lowest BCUT2D eigenvalue weighted by atomic mass is 10.0. The van der Waals surface area contributed by atoms with Crippen LogP contribution in [-0.4, -0.2) is 12.4 Å². The van der Waals surface area contributed by atoms with E-state index in [-0.39, 0.29) is 0 Å². The highest BCUT2D eigenvalue weighted by atomic mass is 19.4. The molecule has 0 spiro atoms. The number of rotatable bonds is 1. The van der Waals surface area contributed by atoms with E-state index in [0.29, 0.717) is 0 Å². The van der Waals surface area contributed by atoms with Gasteiger partial charge in [0, 0.05) is 0 Å². The van der Waals surface area contributed by atoms with Gasteiger partial charge in [-0.1, -0.05) is 6.58 Å². The fourth-order valence-electron chi connectivity index (χ4n) is 0.809. The molecule has 7 heteroatoms. The molecule has 0 amide bonds. The number of nitriles is 1. The topological polar surface area (TPSA) is 23.8 Å². The molecule has 0 unspecified atom stereocenters. The van der Waals surface area contributed by atoms with Crippen LogP contribution in [0.15, 0.2) is 23.3 Å². The first-order valence-electron chi connectivity index (χ1n) is 3.46. The highest BCUT2D eigenvalue weighted by Crippen LogP contribution is 2.41. The molecule has 0 aromatic heterocycles. The van der Waals surface area contributed by atoms with Gasteiger partial charge in [-0.15, -0.1) is 0 Å². The van der Waals surface area contributed by atoms with Gasteiger partial charge in [0.15, 0.2) is 5.57 Å². The van der Waals surface area contributed by atoms with Crippen LogP contribution in [-0.2, 0) is 0 Å². The normalized spacial score (nSPS) is 11.9. The van der Waals surface area contributed by atoms with Crippen molar-refractivity contribution in [2.45, 2.75) is 19.3 Å². The second-order valence-corrected chi connectivity index (χ2v) is 2.64. The first-order valence-corrected chi connectivity index (χ1v) is 3.46. The molecule has 0 aliphatic heterocycles. The molecule has 0 radical (unpaired) electrons. The van der Waals surface area contributed by atoms with Gasteiger partial charge < -0.3 is 0 Å². The van der Waals surface area contributed by atoms with Crippen molar-refractivity contribution >= 4 is 0 Å². The van der Waals surface area contributed by atoms with Crippen LogP contribution < -0.4 is 0 Å². The molecule has 0 aromatic carbocycles. The zero-order valence-electron chi connectivity index (χ0n) is 7.42. The van der Waals surface area contributed by atoms with E-state index >= 15 is 0 Å². The van der Waals surface area contributed by atoms with Crippen molar-refractivity contribution in [2.75, 3.05) is 0 Å². The molecule has 0 bridgehead atoms. The average Bonchev–Trinajstić information content (AvgIpc) is 1.93. The van der Waals surface area contributed by atoms with Gasteiger partial charge in [0.05, 0.1) is 5.57 Å². The first kappa shape index (κ1) is 13.5. The number of nitrogens with zero attached hydrogens (tertiary/aromatic N) is 1. The Morgan fingerprint density at radius 1 is 1.07 bits per heavy atom. The summed E-state index contributed by atoms with van der Waals surface area (Å²) in [6.45, 7) is 3.79. The maximum Gasteiger partial charge on any atom is 0.422 e. The highest BCUT2D eigenvalue weighted by molar-refractivity contribution is 5.46. The molecule has 1 nitrogen and oxygen atoms in total. The summed E-state index contributed by atoms with van der Waals surface area (Å²) in [6, 6.07) is 0.855. The monoisotopic (exact) mass is 229 g/mol. The summed E-state index contributed by atoms with van der Waals surface area (Å²) < 4.78 is 72.3. The Morgan fingerprint density at radius 3 is 1.47 bits per heavy atom. The highest BCUT2D eigenvalue weighted by Gasteiger charge is 2.53. The third-order valence-corrected chi connectivity index (χ3v) is 1.36. The number of allylic oxidation sites excluding steroid dienone is 3. The van der Waals surface area contributed by atoms with Gasteiger partial charge in [0.25, 0.3) is 0 Å². The Kier molecular flexibility index (Phi) is 3.58. The molecule has 0 fully saturated rings. The van der Waals surface area contributed by atoms with Crippen LogP contribution in [0.1, 0.15) is 6.92 Å². The second kappa shape index (κ2) is 3.96. The quantitative estimate of drug-likeness (QED) is 0.383. The molecule has 84 valence electrons. The van der Waals surface area contributed by atoms with Gasteiger partial charge in [-0.3, -0.25) is 0 Å². The first-order chi connectivity index (χ1) is 6.51. The van der Waals surface area contributed by atoms with Crippen molar-refractivity contribution in [3.05, 3.63) is 23.3 Å². The summed E-state index contributed by atoms with van der Waals surface area (Å²) in [5.74, 6) is 0. The second-order valence-electron chi connectivity index (χ2n) is 2.64. The minimum atomic E-state index is -5.62. The summed E-state index contributed by atoms with van der Waals surface area (Å²) in [6.07, 6.45) is -11.2. The maximum atomic E-state index is 12.0. The number of alkyl halides is 6. The molecule has 0 saturated heterocycles. The van der Waals surface area contributed by atoms with Crippen molar-refractivity contribution < 1.29 is 26.3 Å². The van der Waals surface area contributed by atoms with Crippen molar-refractivity contribution in [1.82, 2.24) is 0 Å². The van der Waals surface area contributed by atoms with Crippen molar-refractivity contribution in [3.63, 3.8) is 0 Å². The lowest BCUT2D eigenvalue weighted by Crippen LogP contribution is -2.28. The van der Waals surface area contributed by atoms with Crippen molar-refractivity contribution in [2.24, 2.45) is 0 Å². The van der Waals surface area contributed by atoms with E-state index in [9.17, 15) is 26.3 Å². The molecule has 0 aliphatic rings. The molecular weight excluding hydrogens is 224 g/mol. The zero-order chi connectivity index (χ0) is 12.4. The van der Waals surface area contributed by atoms with Crippen LogP contribution in [0.25, 0.3) is 0 Å². The Hall–Kier alpha value is -1.45. The Morgan fingerprint density at radius 2 is 1.40 bits per heavy atom. The molecule has 0 aliphatic carbocycles. The van der Waals surface area contributed by atoms with Crippen LogP contribution in [0.4, 0.5) is 26.3 Å². The zero-order valence-corrected chi connectivity index (χ0v) is 7.42. The number of halogens is 6. The molecule has 0 heterocycles. The van der Waals surface area contributed by atoms with Crippen LogP contribution in [0.5, 0.6) is 0 Å². The van der Waals surface area contributed by atoms with Crippen LogP contribution >= 0.6 is 0 Å². The van der Waals surface area contributed by atoms with E-state index in [1.807, 2.05) is 0 Å². The van der Waals surface area contributed by atoms with E-state index in [2.05, 4.69) is 6.58 Å². The summed E-state index contributed by atoms with van der Waals surface area (Å²) in [7, 11) is 0. The van der Waals surface area contributed by atoms with Crippen molar-refractivity contribution in [1.29, 1.82) is 5.26 Å². The molecule has 0 atom stereocenters. The summed E-state index contributed by atoms with van der Waals surface area (Å²) in [5.41, 5.74) is -4.89. The summed E-state index contributed by atoms with van der Waals surface area (Å²) >= 11 is 0. The summed E-state index contributed by atoms with van der Waals surface area (Å²) in [4.78, 5) is 0. The predicted molar refractivity (Wildman–Crippen MR) is 39.6 cm³/mol. The fraction of sp³-hybridized carbons (Fsp3) is 0.375. The van der Waals surface area contributed by atoms with Gasteiger partial charge in [0.2, 0.25) is 0 Å². The van der Waals surface area contributed by atoms with Gasteiger partial charge in [-0.05, 0) is 12.5 Å². The largest absolute Gasteiger partial charge is 0.422 e. The Balaban J connectivity index is 5.91. The minimum Gasteiger partial charge on any atom is -0.192 e. The maximum absolute atomic E-state index is 12.0. The molecule has 15 heavy (non-hydrogen) atoms. The molecule has 0 saturated carbocycles. The third-order valence-electron chi connectivity index (χ3n) is 1.36. The Bertz CT molecular complexity index is 322. The van der Waals surface area contributed by atoms with Gasteiger partial charge >= 0.3 is 12.4 Å². The minimum absolute atomic E-state index is 0.581. The summed E-state index contributed by atoms with van der Waals surface area (Å²) in [5, 5.41) is 8.22. The van der Waals surface area contributed by atoms with Crippen LogP contribution in [0, 0.1) is 11.3 Å². The van der Waals surface area contributed by atoms with Crippen molar-refractivity contribution in [3.8, 4) is 6.07 Å². The third kappa shape index (κ3) is 3.31.